The Morgan fingerprint density at radius 2 is 1.58 bits per heavy atom. The molecule has 33 heavy (non-hydrogen) atoms. The van der Waals surface area contributed by atoms with E-state index in [-0.39, 0.29) is 24.7 Å². The van der Waals surface area contributed by atoms with Crippen molar-refractivity contribution in [3.8, 4) is 11.5 Å². The monoisotopic (exact) mass is 458 g/mol. The topological polar surface area (TPSA) is 97.1 Å². The van der Waals surface area contributed by atoms with Crippen LogP contribution in [0.5, 0.6) is 11.5 Å². The first-order valence-electron chi connectivity index (χ1n) is 11.0. The lowest BCUT2D eigenvalue weighted by molar-refractivity contribution is -0.128. The normalized spacial score (nSPS) is 15.7. The average molecular weight is 459 g/mol. The van der Waals surface area contributed by atoms with E-state index in [2.05, 4.69) is 15.1 Å². The molecule has 3 rings (SSSR count). The van der Waals surface area contributed by atoms with E-state index < -0.39 is 11.9 Å². The maximum absolute atomic E-state index is 13.0. The van der Waals surface area contributed by atoms with Gasteiger partial charge in [-0.3, -0.25) is 19.4 Å². The fraction of sp³-hybridized carbons (Fsp3) is 0.417. The van der Waals surface area contributed by atoms with Crippen molar-refractivity contribution in [2.45, 2.75) is 12.5 Å². The van der Waals surface area contributed by atoms with Gasteiger partial charge in [0, 0.05) is 46.3 Å². The Morgan fingerprint density at radius 1 is 1.00 bits per heavy atom. The van der Waals surface area contributed by atoms with Crippen molar-refractivity contribution in [2.75, 3.05) is 53.0 Å². The molecule has 3 N–H and O–H groups in total. The maximum atomic E-state index is 13.0. The number of amides is 2. The van der Waals surface area contributed by atoms with E-state index >= 15 is 0 Å². The molecule has 0 aliphatic carbocycles. The number of piperazine rings is 1. The first-order chi connectivity index (χ1) is 15.9. The van der Waals surface area contributed by atoms with Gasteiger partial charge in [0.25, 0.3) is 0 Å². The summed E-state index contributed by atoms with van der Waals surface area (Å²) in [6.07, 6.45) is 0.280. The molecule has 1 atom stereocenters. The van der Waals surface area contributed by atoms with Gasteiger partial charge in [0.2, 0.25) is 11.8 Å². The van der Waals surface area contributed by atoms with Crippen LogP contribution in [0.3, 0.4) is 0 Å². The van der Waals surface area contributed by atoms with Crippen molar-refractivity contribution in [3.63, 3.8) is 0 Å². The van der Waals surface area contributed by atoms with E-state index in [9.17, 15) is 14.0 Å². The highest BCUT2D eigenvalue weighted by molar-refractivity contribution is 5.87. The Kier molecular flexibility index (Phi) is 9.17. The van der Waals surface area contributed by atoms with Crippen LogP contribution in [-0.4, -0.2) is 80.6 Å². The maximum Gasteiger partial charge on any atom is 0.240 e. The zero-order chi connectivity index (χ0) is 23.6. The van der Waals surface area contributed by atoms with Crippen LogP contribution < -0.4 is 15.8 Å². The third kappa shape index (κ3) is 8.12. The van der Waals surface area contributed by atoms with Gasteiger partial charge in [-0.2, -0.15) is 0 Å². The van der Waals surface area contributed by atoms with Gasteiger partial charge in [-0.25, -0.2) is 4.39 Å². The molecule has 178 valence electrons. The third-order valence-electron chi connectivity index (χ3n) is 5.53. The first kappa shape index (κ1) is 24.6. The van der Waals surface area contributed by atoms with Crippen molar-refractivity contribution in [1.29, 1.82) is 0 Å². The van der Waals surface area contributed by atoms with Gasteiger partial charge < -0.3 is 20.5 Å². The third-order valence-corrected chi connectivity index (χ3v) is 5.53. The van der Waals surface area contributed by atoms with Crippen LogP contribution in [0, 0.1) is 5.82 Å². The van der Waals surface area contributed by atoms with Crippen LogP contribution in [0.2, 0.25) is 0 Å². The van der Waals surface area contributed by atoms with Crippen molar-refractivity contribution in [3.05, 3.63) is 59.9 Å². The highest BCUT2D eigenvalue weighted by atomic mass is 19.1. The first-order valence-corrected chi connectivity index (χ1v) is 11.0. The summed E-state index contributed by atoms with van der Waals surface area (Å²) in [6.45, 7) is 5.13. The van der Waals surface area contributed by atoms with Crippen molar-refractivity contribution in [2.24, 2.45) is 5.73 Å². The second-order valence-corrected chi connectivity index (χ2v) is 8.04. The van der Waals surface area contributed by atoms with E-state index in [0.29, 0.717) is 18.1 Å². The number of nitrogens with two attached hydrogens (primary N) is 1. The predicted molar refractivity (Wildman–Crippen MR) is 123 cm³/mol. The van der Waals surface area contributed by atoms with Crippen LogP contribution in [-0.2, 0) is 20.7 Å². The summed E-state index contributed by atoms with van der Waals surface area (Å²) >= 11 is 0. The standard InChI is InChI=1S/C24H31FN4O4/c1-32-15-14-28-10-12-29(13-11-28)17-23(30)27-22(24(26)31)16-18-2-6-20(7-3-18)33-21-8-4-19(25)5-9-21/h2-9,22H,10-17H2,1H3,(H2,26,31)(H,27,30). The molecule has 2 aromatic carbocycles. The molecular formula is C24H31FN4O4. The molecule has 9 heteroatoms. The molecule has 1 aliphatic rings. The SMILES string of the molecule is COCCN1CCN(CC(=O)NC(Cc2ccc(Oc3ccc(F)cc3)cc2)C(N)=O)CC1. The average Bonchev–Trinajstić information content (AvgIpc) is 2.81. The van der Waals surface area contributed by atoms with E-state index in [1.54, 1.807) is 43.5 Å². The van der Waals surface area contributed by atoms with Gasteiger partial charge in [0.15, 0.2) is 0 Å². The minimum absolute atomic E-state index is 0.222. The number of rotatable bonds is 11. The van der Waals surface area contributed by atoms with E-state index in [1.165, 1.54) is 12.1 Å². The van der Waals surface area contributed by atoms with Gasteiger partial charge in [-0.1, -0.05) is 12.1 Å². The predicted octanol–water partition coefficient (Wildman–Crippen LogP) is 1.39. The Bertz CT molecular complexity index is 900. The van der Waals surface area contributed by atoms with E-state index in [1.807, 2.05) is 0 Å². The highest BCUT2D eigenvalue weighted by Crippen LogP contribution is 2.22. The Balaban J connectivity index is 1.47. The van der Waals surface area contributed by atoms with Crippen LogP contribution in [0.1, 0.15) is 5.56 Å². The summed E-state index contributed by atoms with van der Waals surface area (Å²) in [4.78, 5) is 28.8. The lowest BCUT2D eigenvalue weighted by Crippen LogP contribution is -2.53. The van der Waals surface area contributed by atoms with E-state index in [0.717, 1.165) is 38.3 Å². The molecular weight excluding hydrogens is 427 g/mol. The summed E-state index contributed by atoms with van der Waals surface area (Å²) in [6, 6.07) is 12.0. The number of hydrogen-bond acceptors (Lipinski definition) is 6. The lowest BCUT2D eigenvalue weighted by atomic mass is 10.1. The number of nitrogens with zero attached hydrogens (tertiary/aromatic N) is 2. The molecule has 1 unspecified atom stereocenters. The second-order valence-electron chi connectivity index (χ2n) is 8.04. The lowest BCUT2D eigenvalue weighted by Gasteiger charge is -2.34. The van der Waals surface area contributed by atoms with Crippen LogP contribution >= 0.6 is 0 Å². The molecule has 2 amide bonds. The zero-order valence-corrected chi connectivity index (χ0v) is 18.8. The van der Waals surface area contributed by atoms with Gasteiger partial charge in [-0.15, -0.1) is 0 Å². The van der Waals surface area contributed by atoms with Crippen LogP contribution in [0.25, 0.3) is 0 Å². The Labute approximate surface area is 193 Å². The fourth-order valence-electron chi connectivity index (χ4n) is 3.63. The molecule has 1 saturated heterocycles. The molecule has 2 aromatic rings. The molecule has 1 heterocycles. The van der Waals surface area contributed by atoms with Crippen molar-refractivity contribution < 1.29 is 23.5 Å². The number of ether oxygens (including phenoxy) is 2. The summed E-state index contributed by atoms with van der Waals surface area (Å²) in [5.74, 6) is -0.0398. The number of benzene rings is 2. The summed E-state index contributed by atoms with van der Waals surface area (Å²) in [5.41, 5.74) is 6.36. The molecule has 0 bridgehead atoms. The van der Waals surface area contributed by atoms with Gasteiger partial charge in [0.05, 0.1) is 13.2 Å². The molecule has 8 nitrogen and oxygen atoms in total. The number of carbonyl (C=O) groups excluding carboxylic acids is 2. The minimum Gasteiger partial charge on any atom is -0.457 e. The number of methoxy groups -OCH3 is 1. The minimum atomic E-state index is -0.802. The highest BCUT2D eigenvalue weighted by Gasteiger charge is 2.22. The quantitative estimate of drug-likeness (QED) is 0.528. The Morgan fingerprint density at radius 3 is 2.15 bits per heavy atom. The molecule has 1 aliphatic heterocycles. The number of carbonyl (C=O) groups is 2. The number of nitrogens with one attached hydrogen (secondary N) is 1. The number of halogens is 1. The van der Waals surface area contributed by atoms with Gasteiger partial charge >= 0.3 is 0 Å². The van der Waals surface area contributed by atoms with Crippen molar-refractivity contribution in [1.82, 2.24) is 15.1 Å². The molecule has 1 fully saturated rings. The van der Waals surface area contributed by atoms with Crippen molar-refractivity contribution >= 4 is 11.8 Å². The van der Waals surface area contributed by atoms with Crippen LogP contribution in [0.15, 0.2) is 48.5 Å². The molecule has 0 saturated carbocycles. The summed E-state index contributed by atoms with van der Waals surface area (Å²) in [5, 5.41) is 2.76. The smallest absolute Gasteiger partial charge is 0.240 e. The van der Waals surface area contributed by atoms with Gasteiger partial charge in [-0.05, 0) is 42.0 Å². The van der Waals surface area contributed by atoms with Gasteiger partial charge in [0.1, 0.15) is 23.4 Å². The largest absolute Gasteiger partial charge is 0.457 e. The zero-order valence-electron chi connectivity index (χ0n) is 18.8. The fourth-order valence-corrected chi connectivity index (χ4v) is 3.63. The molecule has 0 spiro atoms. The second kappa shape index (κ2) is 12.3. The van der Waals surface area contributed by atoms with Crippen LogP contribution in [0.4, 0.5) is 4.39 Å². The summed E-state index contributed by atoms with van der Waals surface area (Å²) < 4.78 is 23.8. The van der Waals surface area contributed by atoms with E-state index in [4.69, 9.17) is 15.2 Å². The number of primary amides is 1. The number of hydrogen-bond donors (Lipinski definition) is 2. The molecule has 0 radical (unpaired) electrons. The Hall–Kier alpha value is -3.01. The molecule has 0 aromatic heterocycles. The summed E-state index contributed by atoms with van der Waals surface area (Å²) in [7, 11) is 1.69.